The van der Waals surface area contributed by atoms with Gasteiger partial charge in [0.05, 0.1) is 17.7 Å². The number of hydrogen-bond donors (Lipinski definition) is 0. The highest BCUT2D eigenvalue weighted by molar-refractivity contribution is 7.99. The van der Waals surface area contributed by atoms with E-state index in [1.165, 1.54) is 0 Å². The molecule has 0 radical (unpaired) electrons. The number of amides is 1. The molecule has 3 rings (SSSR count). The summed E-state index contributed by atoms with van der Waals surface area (Å²) < 4.78 is 44.0. The van der Waals surface area contributed by atoms with Crippen molar-refractivity contribution >= 4 is 17.7 Å². The minimum absolute atomic E-state index is 0.0777. The summed E-state index contributed by atoms with van der Waals surface area (Å²) in [7, 11) is 0. The fourth-order valence-corrected chi connectivity index (χ4v) is 3.72. The lowest BCUT2D eigenvalue weighted by Crippen LogP contribution is -2.31. The molecule has 1 aliphatic heterocycles. The number of thioether (sulfide) groups is 1. The van der Waals surface area contributed by atoms with Crippen molar-refractivity contribution in [3.05, 3.63) is 53.7 Å². The van der Waals surface area contributed by atoms with Crippen LogP contribution < -0.4 is 4.74 Å². The number of carbonyl (C=O) groups is 1. The Bertz CT molecular complexity index is 814. The number of carbonyl (C=O) groups excluding carboxylic acids is 1. The molecule has 4 nitrogen and oxygen atoms in total. The lowest BCUT2D eigenvalue weighted by Gasteiger charge is -2.18. The van der Waals surface area contributed by atoms with Crippen molar-refractivity contribution in [2.45, 2.75) is 30.5 Å². The van der Waals surface area contributed by atoms with Gasteiger partial charge in [0, 0.05) is 30.1 Å². The van der Waals surface area contributed by atoms with Crippen LogP contribution in [0.5, 0.6) is 5.88 Å². The number of rotatable bonds is 5. The quantitative estimate of drug-likeness (QED) is 0.698. The van der Waals surface area contributed by atoms with Crippen LogP contribution in [0.25, 0.3) is 0 Å². The van der Waals surface area contributed by atoms with E-state index in [0.29, 0.717) is 25.1 Å². The summed E-state index contributed by atoms with van der Waals surface area (Å²) in [5.74, 6) is 0.692. The van der Waals surface area contributed by atoms with Crippen LogP contribution in [0, 0.1) is 0 Å². The molecular formula is C19H19F3N2O2S. The Morgan fingerprint density at radius 3 is 2.85 bits per heavy atom. The van der Waals surface area contributed by atoms with Crippen molar-refractivity contribution in [2.24, 2.45) is 0 Å². The van der Waals surface area contributed by atoms with Crippen molar-refractivity contribution in [2.75, 3.05) is 18.8 Å². The normalized spacial score (nSPS) is 17.2. The second-order valence-corrected chi connectivity index (χ2v) is 7.40. The van der Waals surface area contributed by atoms with E-state index in [2.05, 4.69) is 4.98 Å². The first-order valence-corrected chi connectivity index (χ1v) is 9.58. The summed E-state index contributed by atoms with van der Waals surface area (Å²) >= 11 is 1.60. The second kappa shape index (κ2) is 8.21. The minimum atomic E-state index is -4.45. The molecule has 0 aliphatic carbocycles. The van der Waals surface area contributed by atoms with Crippen LogP contribution in [0.2, 0.25) is 0 Å². The number of likely N-dealkylation sites (tertiary alicyclic amines) is 1. The number of alkyl halides is 3. The van der Waals surface area contributed by atoms with Gasteiger partial charge in [-0.25, -0.2) is 4.98 Å². The number of nitrogens with zero attached hydrogens (tertiary/aromatic N) is 2. The largest absolute Gasteiger partial charge is 0.472 e. The summed E-state index contributed by atoms with van der Waals surface area (Å²) in [4.78, 5) is 19.3. The number of pyridine rings is 1. The zero-order valence-electron chi connectivity index (χ0n) is 14.7. The summed E-state index contributed by atoms with van der Waals surface area (Å²) in [5.41, 5.74) is -0.161. The molecule has 1 atom stereocenters. The molecule has 8 heteroatoms. The van der Waals surface area contributed by atoms with Crippen LogP contribution in [0.15, 0.2) is 47.5 Å². The van der Waals surface area contributed by atoms with Crippen molar-refractivity contribution in [3.8, 4) is 5.88 Å². The third-order valence-electron chi connectivity index (χ3n) is 4.20. The predicted octanol–water partition coefficient (Wildman–Crippen LogP) is 4.51. The van der Waals surface area contributed by atoms with Gasteiger partial charge < -0.3 is 9.64 Å². The first-order valence-electron chi connectivity index (χ1n) is 8.59. The third kappa shape index (κ3) is 4.74. The molecule has 27 heavy (non-hydrogen) atoms. The van der Waals surface area contributed by atoms with E-state index in [1.807, 2.05) is 25.1 Å². The highest BCUT2D eigenvalue weighted by Gasteiger charge is 2.32. The lowest BCUT2D eigenvalue weighted by molar-refractivity contribution is -0.137. The fraction of sp³-hybridized carbons (Fsp3) is 0.368. The van der Waals surface area contributed by atoms with Crippen LogP contribution >= 0.6 is 11.8 Å². The third-order valence-corrected chi connectivity index (χ3v) is 5.15. The topological polar surface area (TPSA) is 42.4 Å². The molecule has 144 valence electrons. The van der Waals surface area contributed by atoms with Gasteiger partial charge in [-0.1, -0.05) is 19.1 Å². The number of halogens is 3. The van der Waals surface area contributed by atoms with Crippen LogP contribution in [0.1, 0.15) is 29.3 Å². The first-order chi connectivity index (χ1) is 12.9. The summed E-state index contributed by atoms with van der Waals surface area (Å²) in [6.45, 7) is 2.84. The molecule has 1 aromatic carbocycles. The first kappa shape index (κ1) is 19.5. The Kier molecular flexibility index (Phi) is 5.94. The Morgan fingerprint density at radius 2 is 2.11 bits per heavy atom. The summed E-state index contributed by atoms with van der Waals surface area (Å²) in [5, 5.41) is 0. The highest BCUT2D eigenvalue weighted by Crippen LogP contribution is 2.31. The van der Waals surface area contributed by atoms with Crippen molar-refractivity contribution in [1.82, 2.24) is 9.88 Å². The SMILES string of the molecule is CCSc1ccccc1C(=O)N1CC[C@@H](Oc2cc(C(F)(F)F)ccn2)C1. The van der Waals surface area contributed by atoms with Gasteiger partial charge in [-0.15, -0.1) is 11.8 Å². The van der Waals surface area contributed by atoms with Crippen LogP contribution in [-0.2, 0) is 6.18 Å². The van der Waals surface area contributed by atoms with E-state index in [4.69, 9.17) is 4.74 Å². The van der Waals surface area contributed by atoms with Gasteiger partial charge in [-0.3, -0.25) is 4.79 Å². The lowest BCUT2D eigenvalue weighted by atomic mass is 10.2. The van der Waals surface area contributed by atoms with E-state index in [-0.39, 0.29) is 17.9 Å². The van der Waals surface area contributed by atoms with Gasteiger partial charge in [-0.05, 0) is 24.0 Å². The average molecular weight is 396 g/mol. The number of aromatic nitrogens is 1. The van der Waals surface area contributed by atoms with Crippen LogP contribution in [0.4, 0.5) is 13.2 Å². The van der Waals surface area contributed by atoms with Gasteiger partial charge in [0.1, 0.15) is 6.10 Å². The maximum Gasteiger partial charge on any atom is 0.416 e. The van der Waals surface area contributed by atoms with Gasteiger partial charge in [0.25, 0.3) is 5.91 Å². The summed E-state index contributed by atoms with van der Waals surface area (Å²) in [6.07, 6.45) is -3.20. The summed E-state index contributed by atoms with van der Waals surface area (Å²) in [6, 6.07) is 9.21. The average Bonchev–Trinajstić information content (AvgIpc) is 3.10. The number of benzene rings is 1. The van der Waals surface area contributed by atoms with Gasteiger partial charge in [-0.2, -0.15) is 13.2 Å². The molecule has 1 saturated heterocycles. The molecule has 0 bridgehead atoms. The smallest absolute Gasteiger partial charge is 0.416 e. The van der Waals surface area contributed by atoms with Crippen LogP contribution in [0.3, 0.4) is 0 Å². The van der Waals surface area contributed by atoms with E-state index in [1.54, 1.807) is 22.7 Å². The van der Waals surface area contributed by atoms with E-state index >= 15 is 0 Å². The fourth-order valence-electron chi connectivity index (χ4n) is 2.92. The molecule has 1 amide bonds. The van der Waals surface area contributed by atoms with Gasteiger partial charge in [0.15, 0.2) is 0 Å². The molecule has 0 saturated carbocycles. The van der Waals surface area contributed by atoms with Crippen LogP contribution in [-0.4, -0.2) is 40.7 Å². The number of ether oxygens (including phenoxy) is 1. The molecule has 2 aromatic rings. The Balaban J connectivity index is 1.66. The minimum Gasteiger partial charge on any atom is -0.472 e. The molecule has 1 aliphatic rings. The Hall–Kier alpha value is -2.22. The molecule has 1 fully saturated rings. The Morgan fingerprint density at radius 1 is 1.33 bits per heavy atom. The zero-order valence-corrected chi connectivity index (χ0v) is 15.5. The van der Waals surface area contributed by atoms with E-state index < -0.39 is 11.7 Å². The zero-order chi connectivity index (χ0) is 19.4. The molecule has 0 N–H and O–H groups in total. The standard InChI is InChI=1S/C19H19F3N2O2S/c1-2-27-16-6-4-3-5-15(16)18(25)24-10-8-14(12-24)26-17-11-13(7-9-23-17)19(20,21)22/h3-7,9,11,14H,2,8,10,12H2,1H3/t14-/m1/s1. The maximum atomic E-state index is 12.8. The molecular weight excluding hydrogens is 377 g/mol. The molecule has 2 heterocycles. The predicted molar refractivity (Wildman–Crippen MR) is 97.0 cm³/mol. The highest BCUT2D eigenvalue weighted by atomic mass is 32.2. The van der Waals surface area contributed by atoms with Crippen molar-refractivity contribution in [1.29, 1.82) is 0 Å². The maximum absolute atomic E-state index is 12.8. The number of hydrogen-bond acceptors (Lipinski definition) is 4. The van der Waals surface area contributed by atoms with Gasteiger partial charge >= 0.3 is 6.18 Å². The van der Waals surface area contributed by atoms with E-state index in [0.717, 1.165) is 29.0 Å². The van der Waals surface area contributed by atoms with Crippen molar-refractivity contribution < 1.29 is 22.7 Å². The van der Waals surface area contributed by atoms with Crippen molar-refractivity contribution in [3.63, 3.8) is 0 Å². The molecule has 0 spiro atoms. The molecule has 0 unspecified atom stereocenters. The second-order valence-electron chi connectivity index (χ2n) is 6.09. The Labute approximate surface area is 159 Å². The van der Waals surface area contributed by atoms with E-state index in [9.17, 15) is 18.0 Å². The monoisotopic (exact) mass is 396 g/mol. The van der Waals surface area contributed by atoms with Gasteiger partial charge in [0.2, 0.25) is 5.88 Å². The molecule has 1 aromatic heterocycles.